The van der Waals surface area contributed by atoms with Crippen LogP contribution >= 0.6 is 11.8 Å². The number of nitrogen functional groups attached to an aromatic ring is 2. The van der Waals surface area contributed by atoms with Gasteiger partial charge in [0, 0.05) is 0 Å². The van der Waals surface area contributed by atoms with Crippen molar-refractivity contribution in [2.45, 2.75) is 24.7 Å². The number of nitrogens with zero attached hydrogens (tertiary/aromatic N) is 3. The summed E-state index contributed by atoms with van der Waals surface area (Å²) in [7, 11) is 0. The molecule has 0 saturated carbocycles. The highest BCUT2D eigenvalue weighted by atomic mass is 32.2. The van der Waals surface area contributed by atoms with Crippen molar-refractivity contribution >= 4 is 34.4 Å². The Hall–Kier alpha value is -2.14. The Balaban J connectivity index is 2.74. The van der Waals surface area contributed by atoms with E-state index in [1.807, 2.05) is 6.92 Å². The minimum absolute atomic E-state index is 0.0616. The number of hydrogen-bond acceptors (Lipinski definition) is 6. The second kappa shape index (κ2) is 6.10. The number of fused-ring (bicyclic) bond motifs is 1. The number of aromatic nitrogens is 2. The van der Waals surface area contributed by atoms with Crippen LogP contribution in [-0.2, 0) is 0 Å². The van der Waals surface area contributed by atoms with Crippen molar-refractivity contribution in [3.8, 4) is 6.07 Å². The molecule has 21 heavy (non-hydrogen) atoms. The van der Waals surface area contributed by atoms with E-state index in [1.165, 1.54) is 0 Å². The van der Waals surface area contributed by atoms with Gasteiger partial charge in [0.05, 0.1) is 10.3 Å². The number of thioether (sulfide) groups is 1. The van der Waals surface area contributed by atoms with Gasteiger partial charge in [0.25, 0.3) is 0 Å². The highest BCUT2D eigenvalue weighted by molar-refractivity contribution is 7.99. The predicted octanol–water partition coefficient (Wildman–Crippen LogP) is 2.84. The van der Waals surface area contributed by atoms with Crippen LogP contribution in [0.15, 0.2) is 4.90 Å². The van der Waals surface area contributed by atoms with Crippen LogP contribution in [0.3, 0.4) is 0 Å². The molecule has 2 aromatic rings. The lowest BCUT2D eigenvalue weighted by Crippen LogP contribution is -2.06. The fourth-order valence-corrected chi connectivity index (χ4v) is 3.01. The Morgan fingerprint density at radius 3 is 2.57 bits per heavy atom. The quantitative estimate of drug-likeness (QED) is 0.665. The van der Waals surface area contributed by atoms with Gasteiger partial charge in [-0.1, -0.05) is 13.3 Å². The van der Waals surface area contributed by atoms with E-state index >= 15 is 0 Å². The summed E-state index contributed by atoms with van der Waals surface area (Å²) >= 11 is 1.08. The van der Waals surface area contributed by atoms with Crippen LogP contribution in [0.25, 0.3) is 10.9 Å². The SMILES string of the molecule is CCCCSc1c(C#N)c(F)c2c(N)nc(N)nc2c1F. The Labute approximate surface area is 124 Å². The van der Waals surface area contributed by atoms with Crippen molar-refractivity contribution < 1.29 is 8.78 Å². The van der Waals surface area contributed by atoms with Crippen LogP contribution in [0.1, 0.15) is 25.3 Å². The van der Waals surface area contributed by atoms with Gasteiger partial charge in [-0.25, -0.2) is 13.8 Å². The first-order valence-corrected chi connectivity index (χ1v) is 7.26. The number of unbranched alkanes of at least 4 members (excludes halogenated alkanes) is 1. The van der Waals surface area contributed by atoms with Crippen LogP contribution in [0, 0.1) is 23.0 Å². The molecule has 2 rings (SSSR count). The molecule has 0 aliphatic heterocycles. The molecular weight excluding hydrogens is 296 g/mol. The predicted molar refractivity (Wildman–Crippen MR) is 78.6 cm³/mol. The minimum Gasteiger partial charge on any atom is -0.383 e. The molecule has 0 aliphatic carbocycles. The van der Waals surface area contributed by atoms with Crippen molar-refractivity contribution in [1.29, 1.82) is 5.26 Å². The zero-order valence-electron chi connectivity index (χ0n) is 11.3. The number of nitriles is 1. The summed E-state index contributed by atoms with van der Waals surface area (Å²) in [5, 5.41) is 8.80. The second-order valence-corrected chi connectivity index (χ2v) is 5.44. The first-order chi connectivity index (χ1) is 10.0. The summed E-state index contributed by atoms with van der Waals surface area (Å²) in [6.45, 7) is 1.98. The van der Waals surface area contributed by atoms with Crippen LogP contribution in [0.2, 0.25) is 0 Å². The van der Waals surface area contributed by atoms with Crippen molar-refractivity contribution in [3.05, 3.63) is 17.2 Å². The Morgan fingerprint density at radius 2 is 1.95 bits per heavy atom. The van der Waals surface area contributed by atoms with Gasteiger partial charge >= 0.3 is 0 Å². The first-order valence-electron chi connectivity index (χ1n) is 6.27. The molecule has 110 valence electrons. The molecule has 8 heteroatoms. The van der Waals surface area contributed by atoms with Gasteiger partial charge < -0.3 is 11.5 Å². The van der Waals surface area contributed by atoms with Gasteiger partial charge in [-0.15, -0.1) is 11.8 Å². The fraction of sp³-hybridized carbons (Fsp3) is 0.308. The van der Waals surface area contributed by atoms with E-state index in [4.69, 9.17) is 16.7 Å². The summed E-state index contributed by atoms with van der Waals surface area (Å²) < 4.78 is 29.0. The fourth-order valence-electron chi connectivity index (χ4n) is 1.87. The second-order valence-electron chi connectivity index (χ2n) is 4.34. The smallest absolute Gasteiger partial charge is 0.222 e. The summed E-state index contributed by atoms with van der Waals surface area (Å²) in [5.74, 6) is -1.65. The molecule has 5 nitrogen and oxygen atoms in total. The molecule has 0 fully saturated rings. The van der Waals surface area contributed by atoms with Crippen LogP contribution < -0.4 is 11.5 Å². The number of anilines is 2. The summed E-state index contributed by atoms with van der Waals surface area (Å²) in [6.07, 6.45) is 1.73. The van der Waals surface area contributed by atoms with Crippen molar-refractivity contribution in [3.63, 3.8) is 0 Å². The van der Waals surface area contributed by atoms with Gasteiger partial charge in [-0.2, -0.15) is 10.2 Å². The highest BCUT2D eigenvalue weighted by Crippen LogP contribution is 2.36. The maximum atomic E-state index is 14.5. The number of hydrogen-bond donors (Lipinski definition) is 2. The maximum absolute atomic E-state index is 14.5. The normalized spacial score (nSPS) is 10.8. The molecule has 0 saturated heterocycles. The number of benzene rings is 1. The van der Waals surface area contributed by atoms with Crippen LogP contribution in [0.4, 0.5) is 20.5 Å². The molecule has 0 unspecified atom stereocenters. The van der Waals surface area contributed by atoms with E-state index in [1.54, 1.807) is 6.07 Å². The average molecular weight is 309 g/mol. The van der Waals surface area contributed by atoms with E-state index in [0.29, 0.717) is 5.75 Å². The topological polar surface area (TPSA) is 102 Å². The first kappa shape index (κ1) is 15.3. The van der Waals surface area contributed by atoms with E-state index in [9.17, 15) is 8.78 Å². The van der Waals surface area contributed by atoms with Gasteiger partial charge in [0.1, 0.15) is 23.0 Å². The molecule has 0 spiro atoms. The van der Waals surface area contributed by atoms with Gasteiger partial charge in [-0.3, -0.25) is 0 Å². The third-order valence-electron chi connectivity index (χ3n) is 2.88. The summed E-state index contributed by atoms with van der Waals surface area (Å²) in [5.41, 5.74) is 10.3. The number of nitrogens with two attached hydrogens (primary N) is 2. The maximum Gasteiger partial charge on any atom is 0.222 e. The van der Waals surface area contributed by atoms with E-state index in [2.05, 4.69) is 9.97 Å². The lowest BCUT2D eigenvalue weighted by Gasteiger charge is -2.11. The average Bonchev–Trinajstić information content (AvgIpc) is 2.43. The molecule has 1 aromatic carbocycles. The monoisotopic (exact) mass is 309 g/mol. The van der Waals surface area contributed by atoms with Crippen LogP contribution in [-0.4, -0.2) is 15.7 Å². The molecule has 4 N–H and O–H groups in total. The zero-order chi connectivity index (χ0) is 15.6. The number of halogens is 2. The van der Waals surface area contributed by atoms with Gasteiger partial charge in [0.15, 0.2) is 11.6 Å². The van der Waals surface area contributed by atoms with Crippen molar-refractivity contribution in [2.75, 3.05) is 17.2 Å². The summed E-state index contributed by atoms with van der Waals surface area (Å²) in [6, 6.07) is 1.69. The van der Waals surface area contributed by atoms with Gasteiger partial charge in [-0.05, 0) is 12.2 Å². The highest BCUT2D eigenvalue weighted by Gasteiger charge is 2.23. The zero-order valence-corrected chi connectivity index (χ0v) is 12.1. The van der Waals surface area contributed by atoms with Crippen LogP contribution in [0.5, 0.6) is 0 Å². The van der Waals surface area contributed by atoms with E-state index in [-0.39, 0.29) is 33.1 Å². The molecule has 0 atom stereocenters. The summed E-state index contributed by atoms with van der Waals surface area (Å²) in [4.78, 5) is 7.25. The van der Waals surface area contributed by atoms with E-state index in [0.717, 1.165) is 24.6 Å². The van der Waals surface area contributed by atoms with Gasteiger partial charge in [0.2, 0.25) is 5.95 Å². The minimum atomic E-state index is -0.912. The molecular formula is C13H13F2N5S. The Kier molecular flexibility index (Phi) is 4.43. The number of rotatable bonds is 4. The van der Waals surface area contributed by atoms with E-state index < -0.39 is 11.6 Å². The molecule has 0 aliphatic rings. The Bertz CT molecular complexity index is 742. The lowest BCUT2D eigenvalue weighted by molar-refractivity contribution is 0.588. The van der Waals surface area contributed by atoms with Crippen molar-refractivity contribution in [2.24, 2.45) is 0 Å². The molecule has 1 heterocycles. The largest absolute Gasteiger partial charge is 0.383 e. The Morgan fingerprint density at radius 1 is 1.24 bits per heavy atom. The third-order valence-corrected chi connectivity index (χ3v) is 4.05. The molecule has 0 bridgehead atoms. The standard InChI is InChI=1S/C13H13F2N5S/c1-2-3-4-21-11-6(5-16)8(14)7-10(9(11)15)19-13(18)20-12(7)17/h2-4H2,1H3,(H4,17,18,19,20). The molecule has 1 aromatic heterocycles. The lowest BCUT2D eigenvalue weighted by atomic mass is 10.1. The third kappa shape index (κ3) is 2.69. The van der Waals surface area contributed by atoms with Crippen molar-refractivity contribution in [1.82, 2.24) is 9.97 Å². The molecule has 0 radical (unpaired) electrons. The molecule has 0 amide bonds.